The molecule has 1 saturated carbocycles. The van der Waals surface area contributed by atoms with Crippen LogP contribution in [0.1, 0.15) is 71.7 Å². The zero-order chi connectivity index (χ0) is 24.3. The number of benzene rings is 1. The number of imidazole rings is 1. The van der Waals surface area contributed by atoms with E-state index >= 15 is 0 Å². The maximum absolute atomic E-state index is 13.7. The second-order valence-corrected chi connectivity index (χ2v) is 9.90. The van der Waals surface area contributed by atoms with E-state index < -0.39 is 0 Å². The number of aromatic nitrogens is 6. The van der Waals surface area contributed by atoms with Gasteiger partial charge in [0.1, 0.15) is 17.3 Å². The van der Waals surface area contributed by atoms with E-state index in [9.17, 15) is 4.79 Å². The Labute approximate surface area is 204 Å². The topological polar surface area (TPSA) is 81.7 Å². The van der Waals surface area contributed by atoms with Crippen LogP contribution in [0.4, 0.5) is 5.82 Å². The summed E-state index contributed by atoms with van der Waals surface area (Å²) >= 11 is 0. The summed E-state index contributed by atoms with van der Waals surface area (Å²) in [4.78, 5) is 24.9. The van der Waals surface area contributed by atoms with Crippen LogP contribution in [0, 0.1) is 13.8 Å². The van der Waals surface area contributed by atoms with Crippen molar-refractivity contribution in [2.75, 3.05) is 11.4 Å². The molecule has 178 valence electrons. The summed E-state index contributed by atoms with van der Waals surface area (Å²) in [6.45, 7) is 8.83. The molecule has 4 heterocycles. The van der Waals surface area contributed by atoms with Crippen molar-refractivity contribution in [1.29, 1.82) is 0 Å². The van der Waals surface area contributed by atoms with E-state index in [2.05, 4.69) is 57.3 Å². The van der Waals surface area contributed by atoms with Gasteiger partial charge in [-0.15, -0.1) is 10.2 Å². The lowest BCUT2D eigenvalue weighted by atomic mass is 9.95. The number of amides is 1. The molecule has 8 heteroatoms. The molecule has 3 aromatic heterocycles. The van der Waals surface area contributed by atoms with E-state index in [1.165, 1.54) is 12.8 Å². The second-order valence-electron chi connectivity index (χ2n) is 9.90. The van der Waals surface area contributed by atoms with Gasteiger partial charge in [0.15, 0.2) is 5.82 Å². The van der Waals surface area contributed by atoms with Gasteiger partial charge >= 0.3 is 0 Å². The number of fused-ring (bicyclic) bond motifs is 1. The van der Waals surface area contributed by atoms with Crippen molar-refractivity contribution in [3.8, 4) is 17.2 Å². The first-order chi connectivity index (χ1) is 16.9. The Bertz CT molecular complexity index is 1440. The SMILES string of the molecule is Cc1cc2c(cc1-n1cnc(C3CC3)c1)C(=O)N(c1cccc(-c3nnc(C)n3C(C)C)n1)CC2. The normalized spacial score (nSPS) is 15.7. The fourth-order valence-corrected chi connectivity index (χ4v) is 5.06. The lowest BCUT2D eigenvalue weighted by molar-refractivity contribution is 0.0980. The zero-order valence-electron chi connectivity index (χ0n) is 20.6. The highest BCUT2D eigenvalue weighted by Gasteiger charge is 2.29. The molecule has 1 fully saturated rings. The molecule has 0 atom stereocenters. The van der Waals surface area contributed by atoms with Gasteiger partial charge in [-0.3, -0.25) is 9.69 Å². The highest BCUT2D eigenvalue weighted by atomic mass is 16.2. The minimum absolute atomic E-state index is 0.0267. The van der Waals surface area contributed by atoms with Gasteiger partial charge in [-0.25, -0.2) is 9.97 Å². The van der Waals surface area contributed by atoms with Crippen molar-refractivity contribution in [3.63, 3.8) is 0 Å². The Hall–Kier alpha value is -3.81. The van der Waals surface area contributed by atoms with E-state index in [0.29, 0.717) is 29.8 Å². The van der Waals surface area contributed by atoms with Gasteiger partial charge in [0, 0.05) is 30.3 Å². The summed E-state index contributed by atoms with van der Waals surface area (Å²) in [6, 6.07) is 10.1. The maximum Gasteiger partial charge on any atom is 0.259 e. The molecule has 35 heavy (non-hydrogen) atoms. The van der Waals surface area contributed by atoms with Crippen molar-refractivity contribution in [2.45, 2.75) is 58.9 Å². The molecule has 0 unspecified atom stereocenters. The van der Waals surface area contributed by atoms with Crippen LogP contribution in [0.3, 0.4) is 0 Å². The van der Waals surface area contributed by atoms with Crippen molar-refractivity contribution in [1.82, 2.24) is 29.3 Å². The number of carbonyl (C=O) groups excluding carboxylic acids is 1. The van der Waals surface area contributed by atoms with Gasteiger partial charge in [-0.2, -0.15) is 0 Å². The van der Waals surface area contributed by atoms with Gasteiger partial charge in [0.25, 0.3) is 5.91 Å². The largest absolute Gasteiger partial charge is 0.307 e. The van der Waals surface area contributed by atoms with Gasteiger partial charge in [0.05, 0.1) is 17.7 Å². The van der Waals surface area contributed by atoms with E-state index in [0.717, 1.165) is 40.3 Å². The third-order valence-corrected chi connectivity index (χ3v) is 7.00. The average Bonchev–Trinajstić information content (AvgIpc) is 3.44. The van der Waals surface area contributed by atoms with Gasteiger partial charge in [-0.05, 0) is 76.3 Å². The van der Waals surface area contributed by atoms with E-state index in [4.69, 9.17) is 4.98 Å². The molecule has 1 aromatic carbocycles. The van der Waals surface area contributed by atoms with E-state index in [1.807, 2.05) is 37.5 Å². The first-order valence-electron chi connectivity index (χ1n) is 12.3. The summed E-state index contributed by atoms with van der Waals surface area (Å²) in [7, 11) is 0. The Morgan fingerprint density at radius 2 is 1.91 bits per heavy atom. The molecule has 1 aliphatic carbocycles. The van der Waals surface area contributed by atoms with Crippen LogP contribution in [0.5, 0.6) is 0 Å². The molecule has 1 aliphatic heterocycles. The summed E-state index contributed by atoms with van der Waals surface area (Å²) in [5.74, 6) is 2.76. The Morgan fingerprint density at radius 1 is 1.09 bits per heavy atom. The minimum Gasteiger partial charge on any atom is -0.307 e. The summed E-state index contributed by atoms with van der Waals surface area (Å²) in [6.07, 6.45) is 7.19. The number of pyridine rings is 1. The number of rotatable bonds is 5. The zero-order valence-corrected chi connectivity index (χ0v) is 20.6. The van der Waals surface area contributed by atoms with Gasteiger partial charge in [-0.1, -0.05) is 12.1 Å². The molecule has 1 amide bonds. The average molecular weight is 468 g/mol. The minimum atomic E-state index is -0.0267. The van der Waals surface area contributed by atoms with Crippen LogP contribution in [-0.2, 0) is 6.42 Å². The molecule has 8 nitrogen and oxygen atoms in total. The standard InChI is InChI=1S/C27H29N7O/c1-16(2)34-18(4)30-31-26(34)22-6-5-7-25(29-22)33-11-10-20-12-17(3)24(13-21(20)27(33)35)32-14-23(28-15-32)19-8-9-19/h5-7,12-16,19H,8-11H2,1-4H3. The molecule has 2 aliphatic rings. The first kappa shape index (κ1) is 21.7. The molecule has 0 radical (unpaired) electrons. The number of hydrogen-bond acceptors (Lipinski definition) is 5. The summed E-state index contributed by atoms with van der Waals surface area (Å²) < 4.78 is 4.12. The lowest BCUT2D eigenvalue weighted by Gasteiger charge is -2.29. The van der Waals surface area contributed by atoms with Crippen molar-refractivity contribution in [3.05, 3.63) is 71.1 Å². The fraction of sp³-hybridized carbons (Fsp3) is 0.370. The van der Waals surface area contributed by atoms with E-state index in [-0.39, 0.29) is 11.9 Å². The van der Waals surface area contributed by atoms with Crippen LogP contribution in [0.25, 0.3) is 17.2 Å². The summed E-state index contributed by atoms with van der Waals surface area (Å²) in [5.41, 5.74) is 5.81. The molecular weight excluding hydrogens is 438 g/mol. The lowest BCUT2D eigenvalue weighted by Crippen LogP contribution is -2.38. The van der Waals surface area contributed by atoms with Crippen LogP contribution in [0.15, 0.2) is 42.9 Å². The summed E-state index contributed by atoms with van der Waals surface area (Å²) in [5, 5.41) is 8.61. The number of carbonyl (C=O) groups is 1. The van der Waals surface area contributed by atoms with E-state index in [1.54, 1.807) is 4.90 Å². The number of aryl methyl sites for hydroxylation is 2. The second kappa shape index (κ2) is 8.15. The molecular formula is C27H29N7O. The highest BCUT2D eigenvalue weighted by Crippen LogP contribution is 2.39. The number of hydrogen-bond donors (Lipinski definition) is 0. The van der Waals surface area contributed by atoms with Crippen LogP contribution in [0.2, 0.25) is 0 Å². The Morgan fingerprint density at radius 3 is 2.69 bits per heavy atom. The Balaban J connectivity index is 1.35. The molecule has 0 spiro atoms. The first-order valence-corrected chi connectivity index (χ1v) is 12.3. The number of anilines is 1. The van der Waals surface area contributed by atoms with Crippen LogP contribution >= 0.6 is 0 Å². The quantitative estimate of drug-likeness (QED) is 0.421. The van der Waals surface area contributed by atoms with Crippen LogP contribution < -0.4 is 4.90 Å². The molecule has 0 saturated heterocycles. The third kappa shape index (κ3) is 3.73. The fourth-order valence-electron chi connectivity index (χ4n) is 5.06. The van der Waals surface area contributed by atoms with Crippen molar-refractivity contribution >= 4 is 11.7 Å². The van der Waals surface area contributed by atoms with Gasteiger partial charge < -0.3 is 9.13 Å². The molecule has 0 N–H and O–H groups in total. The highest BCUT2D eigenvalue weighted by molar-refractivity contribution is 6.08. The van der Waals surface area contributed by atoms with Gasteiger partial charge in [0.2, 0.25) is 0 Å². The predicted octanol–water partition coefficient (Wildman–Crippen LogP) is 4.80. The molecule has 6 rings (SSSR count). The van der Waals surface area contributed by atoms with Crippen LogP contribution in [-0.4, -0.2) is 41.8 Å². The third-order valence-electron chi connectivity index (χ3n) is 7.00. The predicted molar refractivity (Wildman–Crippen MR) is 134 cm³/mol. The number of nitrogens with zero attached hydrogens (tertiary/aromatic N) is 7. The maximum atomic E-state index is 13.7. The molecule has 0 bridgehead atoms. The van der Waals surface area contributed by atoms with Crippen molar-refractivity contribution in [2.24, 2.45) is 0 Å². The monoisotopic (exact) mass is 467 g/mol. The van der Waals surface area contributed by atoms with Crippen molar-refractivity contribution < 1.29 is 4.79 Å². The molecule has 4 aromatic rings. The smallest absolute Gasteiger partial charge is 0.259 e. The Kier molecular flexibility index (Phi) is 5.05.